The summed E-state index contributed by atoms with van der Waals surface area (Å²) >= 11 is 5.35. The molecule has 0 rings (SSSR count). The van der Waals surface area contributed by atoms with Gasteiger partial charge < -0.3 is 4.74 Å². The Bertz CT molecular complexity index is 388. The molecule has 0 N–H and O–H groups in total. The Labute approximate surface area is 134 Å². The predicted octanol–water partition coefficient (Wildman–Crippen LogP) is 5.58. The van der Waals surface area contributed by atoms with E-state index in [2.05, 4.69) is 45.9 Å². The standard InChI is InChI=1S/C18H29ClO2/c1-15(2)8-5-9-16(3)10-6-11-17(4)12-7-13-21-18(20)14-19/h8,10,12H,5-7,9,11,13-14H2,1-4H3/b16-10+,17-12?. The monoisotopic (exact) mass is 312 g/mol. The Hall–Kier alpha value is -1.02. The molecular weight excluding hydrogens is 284 g/mol. The molecule has 0 radical (unpaired) electrons. The fourth-order valence-electron chi connectivity index (χ4n) is 1.86. The molecule has 0 amide bonds. The van der Waals surface area contributed by atoms with Crippen LogP contribution in [-0.2, 0) is 9.53 Å². The number of hydrogen-bond donors (Lipinski definition) is 0. The average Bonchev–Trinajstić information content (AvgIpc) is 2.42. The molecule has 0 spiro atoms. The van der Waals surface area contributed by atoms with Crippen molar-refractivity contribution in [3.63, 3.8) is 0 Å². The lowest BCUT2D eigenvalue weighted by Crippen LogP contribution is -2.06. The summed E-state index contributed by atoms with van der Waals surface area (Å²) in [6.07, 6.45) is 11.9. The van der Waals surface area contributed by atoms with Crippen LogP contribution in [0.2, 0.25) is 0 Å². The quantitative estimate of drug-likeness (QED) is 0.228. The second-order valence-electron chi connectivity index (χ2n) is 5.60. The third kappa shape index (κ3) is 13.7. The first kappa shape index (κ1) is 20.0. The molecule has 0 unspecified atom stereocenters. The number of halogens is 1. The van der Waals surface area contributed by atoms with Crippen molar-refractivity contribution in [1.82, 2.24) is 0 Å². The number of hydrogen-bond acceptors (Lipinski definition) is 2. The van der Waals surface area contributed by atoms with Crippen molar-refractivity contribution in [2.75, 3.05) is 12.5 Å². The van der Waals surface area contributed by atoms with E-state index >= 15 is 0 Å². The van der Waals surface area contributed by atoms with Crippen LogP contribution in [0.4, 0.5) is 0 Å². The first-order valence-corrected chi connectivity index (χ1v) is 8.15. The molecule has 0 aromatic heterocycles. The van der Waals surface area contributed by atoms with Crippen molar-refractivity contribution in [2.24, 2.45) is 0 Å². The van der Waals surface area contributed by atoms with Crippen molar-refractivity contribution in [2.45, 2.75) is 59.8 Å². The highest BCUT2D eigenvalue weighted by atomic mass is 35.5. The molecule has 0 aliphatic carbocycles. The van der Waals surface area contributed by atoms with E-state index in [-0.39, 0.29) is 11.8 Å². The molecule has 0 fully saturated rings. The molecule has 0 aliphatic rings. The van der Waals surface area contributed by atoms with Crippen LogP contribution in [0.25, 0.3) is 0 Å². The van der Waals surface area contributed by atoms with Gasteiger partial charge in [0.1, 0.15) is 5.88 Å². The lowest BCUT2D eigenvalue weighted by molar-refractivity contribution is -0.140. The Balaban J connectivity index is 3.83. The van der Waals surface area contributed by atoms with Crippen LogP contribution >= 0.6 is 11.6 Å². The smallest absolute Gasteiger partial charge is 0.320 e. The van der Waals surface area contributed by atoms with E-state index in [1.807, 2.05) is 0 Å². The van der Waals surface area contributed by atoms with Gasteiger partial charge in [0.05, 0.1) is 6.61 Å². The second kappa shape index (κ2) is 12.7. The molecule has 0 heterocycles. The molecule has 3 heteroatoms. The summed E-state index contributed by atoms with van der Waals surface area (Å²) in [5.74, 6) is -0.419. The van der Waals surface area contributed by atoms with E-state index in [1.54, 1.807) is 0 Å². The van der Waals surface area contributed by atoms with Crippen LogP contribution in [0, 0.1) is 0 Å². The van der Waals surface area contributed by atoms with Crippen LogP contribution in [0.3, 0.4) is 0 Å². The van der Waals surface area contributed by atoms with Gasteiger partial charge in [-0.25, -0.2) is 0 Å². The summed E-state index contributed by atoms with van der Waals surface area (Å²) in [5, 5.41) is 0. The Morgan fingerprint density at radius 3 is 1.95 bits per heavy atom. The van der Waals surface area contributed by atoms with Gasteiger partial charge >= 0.3 is 5.97 Å². The summed E-state index contributed by atoms with van der Waals surface area (Å²) in [5.41, 5.74) is 4.18. The van der Waals surface area contributed by atoms with E-state index in [0.29, 0.717) is 6.61 Å². The largest absolute Gasteiger partial charge is 0.464 e. The van der Waals surface area contributed by atoms with E-state index in [9.17, 15) is 4.79 Å². The summed E-state index contributed by atoms with van der Waals surface area (Å²) in [6.45, 7) is 9.01. The Morgan fingerprint density at radius 2 is 1.43 bits per heavy atom. The molecular formula is C18H29ClO2. The zero-order valence-electron chi connectivity index (χ0n) is 13.9. The van der Waals surface area contributed by atoms with Crippen LogP contribution in [-0.4, -0.2) is 18.5 Å². The maximum Gasteiger partial charge on any atom is 0.320 e. The lowest BCUT2D eigenvalue weighted by Gasteiger charge is -2.02. The average molecular weight is 313 g/mol. The lowest BCUT2D eigenvalue weighted by atomic mass is 10.1. The highest BCUT2D eigenvalue weighted by molar-refractivity contribution is 6.26. The van der Waals surface area contributed by atoms with Crippen molar-refractivity contribution < 1.29 is 9.53 Å². The topological polar surface area (TPSA) is 26.3 Å². The highest BCUT2D eigenvalue weighted by Crippen LogP contribution is 2.11. The Morgan fingerprint density at radius 1 is 0.905 bits per heavy atom. The molecule has 0 aliphatic heterocycles. The summed E-state index contributed by atoms with van der Waals surface area (Å²) in [6, 6.07) is 0. The van der Waals surface area contributed by atoms with Crippen molar-refractivity contribution in [1.29, 1.82) is 0 Å². The van der Waals surface area contributed by atoms with Crippen molar-refractivity contribution in [3.8, 4) is 0 Å². The number of carbonyl (C=O) groups excluding carboxylic acids is 1. The van der Waals surface area contributed by atoms with Gasteiger partial charge in [0.15, 0.2) is 0 Å². The first-order valence-electron chi connectivity index (χ1n) is 7.62. The zero-order valence-corrected chi connectivity index (χ0v) is 14.6. The number of rotatable bonds is 10. The van der Waals surface area contributed by atoms with Gasteiger partial charge in [-0.1, -0.05) is 34.9 Å². The van der Waals surface area contributed by atoms with Crippen molar-refractivity contribution in [3.05, 3.63) is 34.9 Å². The molecule has 21 heavy (non-hydrogen) atoms. The van der Waals surface area contributed by atoms with Gasteiger partial charge in [0.2, 0.25) is 0 Å². The number of carbonyl (C=O) groups is 1. The molecule has 0 saturated carbocycles. The molecule has 120 valence electrons. The molecule has 2 nitrogen and oxygen atoms in total. The normalized spacial score (nSPS) is 12.2. The highest BCUT2D eigenvalue weighted by Gasteiger charge is 1.97. The number of esters is 1. The summed E-state index contributed by atoms with van der Waals surface area (Å²) < 4.78 is 4.91. The van der Waals surface area contributed by atoms with Gasteiger partial charge in [0, 0.05) is 0 Å². The van der Waals surface area contributed by atoms with Crippen LogP contribution < -0.4 is 0 Å². The molecule has 0 bridgehead atoms. The van der Waals surface area contributed by atoms with Gasteiger partial charge in [0.25, 0.3) is 0 Å². The minimum atomic E-state index is -0.349. The van der Waals surface area contributed by atoms with E-state index in [0.717, 1.165) is 32.1 Å². The molecule has 0 aromatic rings. The van der Waals surface area contributed by atoms with Gasteiger partial charge in [-0.05, 0) is 59.8 Å². The summed E-state index contributed by atoms with van der Waals surface area (Å²) in [4.78, 5) is 10.8. The number of allylic oxidation sites excluding steroid dienone is 5. The zero-order chi connectivity index (χ0) is 16.1. The summed E-state index contributed by atoms with van der Waals surface area (Å²) in [7, 11) is 0. The fraction of sp³-hybridized carbons (Fsp3) is 0.611. The van der Waals surface area contributed by atoms with Crippen LogP contribution in [0.5, 0.6) is 0 Å². The van der Waals surface area contributed by atoms with E-state index < -0.39 is 0 Å². The minimum absolute atomic E-state index is 0.0699. The van der Waals surface area contributed by atoms with E-state index in [1.165, 1.54) is 16.7 Å². The van der Waals surface area contributed by atoms with Crippen LogP contribution in [0.1, 0.15) is 59.8 Å². The van der Waals surface area contributed by atoms with Gasteiger partial charge in [-0.2, -0.15) is 0 Å². The number of ether oxygens (including phenoxy) is 1. The van der Waals surface area contributed by atoms with Crippen LogP contribution in [0.15, 0.2) is 34.9 Å². The first-order chi connectivity index (χ1) is 9.95. The van der Waals surface area contributed by atoms with Gasteiger partial charge in [-0.3, -0.25) is 4.79 Å². The predicted molar refractivity (Wildman–Crippen MR) is 91.7 cm³/mol. The van der Waals surface area contributed by atoms with Gasteiger partial charge in [-0.15, -0.1) is 11.6 Å². The Kier molecular flexibility index (Phi) is 12.1. The maximum atomic E-state index is 10.8. The maximum absolute atomic E-state index is 10.8. The third-order valence-corrected chi connectivity index (χ3v) is 3.32. The fourth-order valence-corrected chi connectivity index (χ4v) is 1.93. The third-order valence-electron chi connectivity index (χ3n) is 3.11. The molecule has 0 atom stereocenters. The second-order valence-corrected chi connectivity index (χ2v) is 5.87. The van der Waals surface area contributed by atoms with E-state index in [4.69, 9.17) is 16.3 Å². The molecule has 0 saturated heterocycles. The minimum Gasteiger partial charge on any atom is -0.464 e. The number of alkyl halides is 1. The molecule has 0 aromatic carbocycles. The van der Waals surface area contributed by atoms with Crippen molar-refractivity contribution >= 4 is 17.6 Å². The SMILES string of the molecule is CC(C)=CCC/C(C)=C/CCC(C)=CCCOC(=O)CCl.